The molecule has 1 aliphatic heterocycles. The number of fused-ring (bicyclic) bond motifs is 1. The number of likely N-dealkylation sites (tertiary alicyclic amines) is 1. The van der Waals surface area contributed by atoms with E-state index in [2.05, 4.69) is 27.7 Å². The zero-order valence-corrected chi connectivity index (χ0v) is 21.3. The number of aliphatic hydroxyl groups is 1. The van der Waals surface area contributed by atoms with Crippen molar-refractivity contribution in [3.8, 4) is 5.75 Å². The molecular formula is C27H36N6O3. The normalized spacial score (nSPS) is 23.5. The molecule has 0 spiro atoms. The maximum atomic E-state index is 13.1. The minimum Gasteiger partial charge on any atom is -0.495 e. The molecule has 5 rings (SSSR count). The highest BCUT2D eigenvalue weighted by molar-refractivity contribution is 5.99. The number of ether oxygens (including phenoxy) is 1. The van der Waals surface area contributed by atoms with Gasteiger partial charge in [-0.15, -0.1) is 5.10 Å². The third-order valence-corrected chi connectivity index (χ3v) is 7.62. The number of methoxy groups -OCH3 is 1. The number of anilines is 3. The Morgan fingerprint density at radius 1 is 1.17 bits per heavy atom. The van der Waals surface area contributed by atoms with Gasteiger partial charge in [-0.25, -0.2) is 4.52 Å². The second-order valence-electron chi connectivity index (χ2n) is 10.5. The van der Waals surface area contributed by atoms with E-state index in [0.29, 0.717) is 22.9 Å². The van der Waals surface area contributed by atoms with Crippen molar-refractivity contribution >= 4 is 28.8 Å². The summed E-state index contributed by atoms with van der Waals surface area (Å²) in [6.45, 7) is 3.80. The molecule has 1 saturated heterocycles. The van der Waals surface area contributed by atoms with Gasteiger partial charge in [0.15, 0.2) is 11.6 Å². The summed E-state index contributed by atoms with van der Waals surface area (Å²) < 4.78 is 7.42. The first kappa shape index (κ1) is 24.5. The fraction of sp³-hybridized carbons (Fsp3) is 0.519. The third kappa shape index (κ3) is 5.32. The van der Waals surface area contributed by atoms with E-state index in [0.717, 1.165) is 62.9 Å². The summed E-state index contributed by atoms with van der Waals surface area (Å²) >= 11 is 0. The molecule has 1 aromatic carbocycles. The van der Waals surface area contributed by atoms with Crippen molar-refractivity contribution in [2.75, 3.05) is 37.9 Å². The number of nitrogens with one attached hydrogen (secondary N) is 2. The van der Waals surface area contributed by atoms with Crippen LogP contribution in [0.15, 0.2) is 36.5 Å². The van der Waals surface area contributed by atoms with E-state index in [1.807, 2.05) is 43.5 Å². The second-order valence-corrected chi connectivity index (χ2v) is 10.5. The number of nitrogens with zero attached hydrogens (tertiary/aromatic N) is 4. The molecule has 2 aliphatic rings. The molecular weight excluding hydrogens is 456 g/mol. The predicted molar refractivity (Wildman–Crippen MR) is 140 cm³/mol. The van der Waals surface area contributed by atoms with Gasteiger partial charge in [0.05, 0.1) is 18.4 Å². The lowest BCUT2D eigenvalue weighted by Gasteiger charge is -2.33. The van der Waals surface area contributed by atoms with Gasteiger partial charge >= 0.3 is 0 Å². The molecule has 3 heterocycles. The van der Waals surface area contributed by atoms with E-state index in [9.17, 15) is 9.90 Å². The minimum atomic E-state index is -0.585. The van der Waals surface area contributed by atoms with Crippen molar-refractivity contribution in [3.05, 3.63) is 42.1 Å². The van der Waals surface area contributed by atoms with E-state index < -0.39 is 5.60 Å². The van der Waals surface area contributed by atoms with E-state index in [1.165, 1.54) is 0 Å². The summed E-state index contributed by atoms with van der Waals surface area (Å²) in [4.78, 5) is 20.1. The molecule has 9 nitrogen and oxygen atoms in total. The van der Waals surface area contributed by atoms with Crippen LogP contribution < -0.4 is 15.4 Å². The Labute approximate surface area is 211 Å². The topological polar surface area (TPSA) is 104 Å². The van der Waals surface area contributed by atoms with Gasteiger partial charge in [-0.1, -0.05) is 0 Å². The average Bonchev–Trinajstić information content (AvgIpc) is 3.35. The van der Waals surface area contributed by atoms with Gasteiger partial charge in [-0.2, -0.15) is 4.98 Å². The Balaban J connectivity index is 1.35. The number of aromatic nitrogens is 3. The summed E-state index contributed by atoms with van der Waals surface area (Å²) in [5.74, 6) is 1.99. The predicted octanol–water partition coefficient (Wildman–Crippen LogP) is 4.11. The first-order chi connectivity index (χ1) is 17.3. The van der Waals surface area contributed by atoms with Crippen LogP contribution in [0.25, 0.3) is 5.52 Å². The maximum absolute atomic E-state index is 13.1. The fourth-order valence-electron chi connectivity index (χ4n) is 5.25. The van der Waals surface area contributed by atoms with Gasteiger partial charge in [0, 0.05) is 23.7 Å². The van der Waals surface area contributed by atoms with Crippen LogP contribution in [0.4, 0.5) is 17.5 Å². The number of hydrogen-bond donors (Lipinski definition) is 3. The highest BCUT2D eigenvalue weighted by atomic mass is 16.5. The quantitative estimate of drug-likeness (QED) is 0.424. The van der Waals surface area contributed by atoms with Crippen LogP contribution in [0.1, 0.15) is 55.8 Å². The molecule has 3 aromatic rings. The number of ketones is 1. The van der Waals surface area contributed by atoms with Crippen LogP contribution in [0.5, 0.6) is 5.75 Å². The molecule has 0 atom stereocenters. The zero-order chi connectivity index (χ0) is 25.3. The second kappa shape index (κ2) is 10.1. The first-order valence-electron chi connectivity index (χ1n) is 12.8. The number of carbonyl (C=O) groups excluding carboxylic acids is 1. The smallest absolute Gasteiger partial charge is 0.247 e. The first-order valence-corrected chi connectivity index (χ1v) is 12.8. The SMILES string of the molecule is COc1cc(C(=O)C2CCN(C)CC2)ccc1Nc1nc(NC2CCC(C)(O)CC2)c2cccn2n1. The molecule has 1 saturated carbocycles. The molecule has 0 bridgehead atoms. The van der Waals surface area contributed by atoms with Crippen molar-refractivity contribution in [1.82, 2.24) is 19.5 Å². The number of hydrogen-bond acceptors (Lipinski definition) is 8. The molecule has 0 radical (unpaired) electrons. The summed E-state index contributed by atoms with van der Waals surface area (Å²) in [6, 6.07) is 9.69. The molecule has 3 N–H and O–H groups in total. The average molecular weight is 493 g/mol. The highest BCUT2D eigenvalue weighted by Gasteiger charge is 2.29. The van der Waals surface area contributed by atoms with Crippen LogP contribution in [-0.2, 0) is 0 Å². The van der Waals surface area contributed by atoms with Gasteiger partial charge in [0.1, 0.15) is 11.3 Å². The Bertz CT molecular complexity index is 1220. The Morgan fingerprint density at radius 3 is 2.64 bits per heavy atom. The lowest BCUT2D eigenvalue weighted by atomic mass is 9.84. The molecule has 0 unspecified atom stereocenters. The van der Waals surface area contributed by atoms with Crippen molar-refractivity contribution in [2.45, 2.75) is 57.1 Å². The van der Waals surface area contributed by atoms with Gasteiger partial charge in [0.25, 0.3) is 0 Å². The summed E-state index contributed by atoms with van der Waals surface area (Å²) in [5.41, 5.74) is 1.68. The van der Waals surface area contributed by atoms with E-state index in [4.69, 9.17) is 9.72 Å². The molecule has 9 heteroatoms. The van der Waals surface area contributed by atoms with E-state index in [1.54, 1.807) is 11.6 Å². The number of benzene rings is 1. The molecule has 0 amide bonds. The summed E-state index contributed by atoms with van der Waals surface area (Å²) in [5, 5.41) is 21.7. The standard InChI is InChI=1S/C27H36N6O3/c1-27(35)12-8-20(9-13-27)28-25-22-5-4-14-33(22)31-26(30-25)29-21-7-6-19(17-23(21)36-3)24(34)18-10-15-32(2)16-11-18/h4-7,14,17-18,20,35H,8-13,15-16H2,1-3H3,(H2,28,29,30,31). The largest absolute Gasteiger partial charge is 0.495 e. The molecule has 36 heavy (non-hydrogen) atoms. The Morgan fingerprint density at radius 2 is 1.92 bits per heavy atom. The fourth-order valence-corrected chi connectivity index (χ4v) is 5.25. The number of piperidine rings is 1. The maximum Gasteiger partial charge on any atom is 0.247 e. The summed E-state index contributed by atoms with van der Waals surface area (Å²) in [6.07, 6.45) is 6.95. The van der Waals surface area contributed by atoms with Crippen LogP contribution in [-0.4, -0.2) is 69.3 Å². The van der Waals surface area contributed by atoms with Gasteiger partial charge in [-0.3, -0.25) is 4.79 Å². The van der Waals surface area contributed by atoms with Crippen LogP contribution in [0.3, 0.4) is 0 Å². The third-order valence-electron chi connectivity index (χ3n) is 7.62. The summed E-state index contributed by atoms with van der Waals surface area (Å²) in [7, 11) is 3.70. The molecule has 192 valence electrons. The number of rotatable bonds is 7. The number of Topliss-reactive ketones (excluding diaryl/α,β-unsaturated/α-hetero) is 1. The van der Waals surface area contributed by atoms with Gasteiger partial charge < -0.3 is 25.4 Å². The van der Waals surface area contributed by atoms with Gasteiger partial charge in [0.2, 0.25) is 5.95 Å². The minimum absolute atomic E-state index is 0.0568. The van der Waals surface area contributed by atoms with Crippen molar-refractivity contribution in [2.24, 2.45) is 5.92 Å². The Kier molecular flexibility index (Phi) is 6.85. The van der Waals surface area contributed by atoms with Crippen molar-refractivity contribution in [3.63, 3.8) is 0 Å². The van der Waals surface area contributed by atoms with E-state index >= 15 is 0 Å². The Hall–Kier alpha value is -3.17. The lowest BCUT2D eigenvalue weighted by molar-refractivity contribution is 0.0196. The van der Waals surface area contributed by atoms with E-state index in [-0.39, 0.29) is 17.7 Å². The number of carbonyl (C=O) groups is 1. The zero-order valence-electron chi connectivity index (χ0n) is 21.3. The van der Waals surface area contributed by atoms with Crippen molar-refractivity contribution in [1.29, 1.82) is 0 Å². The molecule has 2 aromatic heterocycles. The highest BCUT2D eigenvalue weighted by Crippen LogP contribution is 2.32. The molecule has 2 fully saturated rings. The van der Waals surface area contributed by atoms with Crippen LogP contribution in [0, 0.1) is 5.92 Å². The van der Waals surface area contributed by atoms with Crippen molar-refractivity contribution < 1.29 is 14.6 Å². The van der Waals surface area contributed by atoms with Crippen LogP contribution in [0.2, 0.25) is 0 Å². The monoisotopic (exact) mass is 492 g/mol. The molecule has 1 aliphatic carbocycles. The van der Waals surface area contributed by atoms with Gasteiger partial charge in [-0.05, 0) is 95.9 Å². The van der Waals surface area contributed by atoms with Crippen LogP contribution >= 0.6 is 0 Å². The lowest BCUT2D eigenvalue weighted by Crippen LogP contribution is -2.36.